The molecule has 0 saturated carbocycles. The van der Waals surface area contributed by atoms with Crippen molar-refractivity contribution in [1.29, 1.82) is 0 Å². The fraction of sp³-hybridized carbons (Fsp3) is 0.294. The Labute approximate surface area is 125 Å². The molecule has 106 valence electrons. The van der Waals surface area contributed by atoms with Gasteiger partial charge in [-0.1, -0.05) is 36.7 Å². The first-order chi connectivity index (χ1) is 9.70. The second-order valence-corrected chi connectivity index (χ2v) is 5.23. The summed E-state index contributed by atoms with van der Waals surface area (Å²) in [6, 6.07) is 13.8. The van der Waals surface area contributed by atoms with Crippen LogP contribution in [0.2, 0.25) is 5.02 Å². The standard InChI is InChI=1S/C17H20ClNO/c1-3-10-19-12-14-6-4-5-7-17(14)20-16-9-8-15(18)11-13(16)2/h4-9,11,19H,3,10,12H2,1-2H3. The maximum Gasteiger partial charge on any atom is 0.131 e. The molecule has 0 aliphatic heterocycles. The number of hydrogen-bond acceptors (Lipinski definition) is 2. The molecule has 0 atom stereocenters. The average Bonchev–Trinajstić information content (AvgIpc) is 2.44. The van der Waals surface area contributed by atoms with Gasteiger partial charge in [0.1, 0.15) is 11.5 Å². The first-order valence-electron chi connectivity index (χ1n) is 6.93. The minimum atomic E-state index is 0.729. The zero-order valence-corrected chi connectivity index (χ0v) is 12.7. The van der Waals surface area contributed by atoms with Crippen LogP contribution < -0.4 is 10.1 Å². The summed E-state index contributed by atoms with van der Waals surface area (Å²) in [6.45, 7) is 5.98. The quantitative estimate of drug-likeness (QED) is 0.761. The molecule has 2 aromatic carbocycles. The van der Waals surface area contributed by atoms with Gasteiger partial charge in [0.05, 0.1) is 0 Å². The molecule has 0 heterocycles. The fourth-order valence-corrected chi connectivity index (χ4v) is 2.22. The van der Waals surface area contributed by atoms with E-state index < -0.39 is 0 Å². The summed E-state index contributed by atoms with van der Waals surface area (Å²) in [7, 11) is 0. The summed E-state index contributed by atoms with van der Waals surface area (Å²) in [6.07, 6.45) is 1.12. The topological polar surface area (TPSA) is 21.3 Å². The molecule has 0 saturated heterocycles. The number of benzene rings is 2. The number of aryl methyl sites for hydroxylation is 1. The lowest BCUT2D eigenvalue weighted by Gasteiger charge is -2.13. The summed E-state index contributed by atoms with van der Waals surface area (Å²) in [5.41, 5.74) is 2.20. The minimum Gasteiger partial charge on any atom is -0.457 e. The van der Waals surface area contributed by atoms with Crippen LogP contribution in [0.15, 0.2) is 42.5 Å². The Balaban J connectivity index is 2.16. The van der Waals surface area contributed by atoms with E-state index in [1.54, 1.807) is 0 Å². The zero-order valence-electron chi connectivity index (χ0n) is 11.9. The molecule has 2 rings (SSSR count). The van der Waals surface area contributed by atoms with Gasteiger partial charge in [0.15, 0.2) is 0 Å². The lowest BCUT2D eigenvalue weighted by atomic mass is 10.2. The summed E-state index contributed by atoms with van der Waals surface area (Å²) in [5, 5.41) is 4.13. The summed E-state index contributed by atoms with van der Waals surface area (Å²) in [4.78, 5) is 0. The Morgan fingerprint density at radius 3 is 2.65 bits per heavy atom. The fourth-order valence-electron chi connectivity index (χ4n) is 2.00. The molecule has 0 unspecified atom stereocenters. The van der Waals surface area contributed by atoms with E-state index in [-0.39, 0.29) is 0 Å². The van der Waals surface area contributed by atoms with Gasteiger partial charge < -0.3 is 10.1 Å². The molecule has 20 heavy (non-hydrogen) atoms. The highest BCUT2D eigenvalue weighted by molar-refractivity contribution is 6.30. The number of rotatable bonds is 6. The van der Waals surface area contributed by atoms with Gasteiger partial charge in [-0.05, 0) is 49.7 Å². The SMILES string of the molecule is CCCNCc1ccccc1Oc1ccc(Cl)cc1C. The van der Waals surface area contributed by atoms with Gasteiger partial charge in [-0.2, -0.15) is 0 Å². The maximum atomic E-state index is 6.03. The van der Waals surface area contributed by atoms with Crippen molar-refractivity contribution < 1.29 is 4.74 Å². The Hall–Kier alpha value is -1.51. The molecule has 2 aromatic rings. The first kappa shape index (κ1) is 14.9. The molecular weight excluding hydrogens is 270 g/mol. The van der Waals surface area contributed by atoms with E-state index in [9.17, 15) is 0 Å². The lowest BCUT2D eigenvalue weighted by molar-refractivity contribution is 0.469. The third kappa shape index (κ3) is 3.99. The normalized spacial score (nSPS) is 10.6. The highest BCUT2D eigenvalue weighted by Crippen LogP contribution is 2.29. The highest BCUT2D eigenvalue weighted by atomic mass is 35.5. The third-order valence-electron chi connectivity index (χ3n) is 3.07. The average molecular weight is 290 g/mol. The van der Waals surface area contributed by atoms with E-state index in [1.165, 1.54) is 0 Å². The van der Waals surface area contributed by atoms with Crippen LogP contribution >= 0.6 is 11.6 Å². The van der Waals surface area contributed by atoms with Gasteiger partial charge >= 0.3 is 0 Å². The van der Waals surface area contributed by atoms with E-state index in [0.717, 1.165) is 47.2 Å². The van der Waals surface area contributed by atoms with Crippen LogP contribution in [0.1, 0.15) is 24.5 Å². The molecule has 0 aliphatic carbocycles. The van der Waals surface area contributed by atoms with Crippen LogP contribution in [-0.4, -0.2) is 6.54 Å². The predicted molar refractivity (Wildman–Crippen MR) is 84.7 cm³/mol. The maximum absolute atomic E-state index is 6.03. The van der Waals surface area contributed by atoms with Crippen molar-refractivity contribution in [3.8, 4) is 11.5 Å². The van der Waals surface area contributed by atoms with E-state index in [2.05, 4.69) is 18.3 Å². The van der Waals surface area contributed by atoms with Crippen LogP contribution in [0.5, 0.6) is 11.5 Å². The number of hydrogen-bond donors (Lipinski definition) is 1. The molecule has 2 nitrogen and oxygen atoms in total. The number of para-hydroxylation sites is 1. The first-order valence-corrected chi connectivity index (χ1v) is 7.31. The molecule has 0 aliphatic rings. The molecule has 0 fully saturated rings. The largest absolute Gasteiger partial charge is 0.457 e. The van der Waals surface area contributed by atoms with Gasteiger partial charge in [0, 0.05) is 17.1 Å². The third-order valence-corrected chi connectivity index (χ3v) is 3.31. The predicted octanol–water partition coefficient (Wildman–Crippen LogP) is 4.94. The number of nitrogens with one attached hydrogen (secondary N) is 1. The Morgan fingerprint density at radius 1 is 1.10 bits per heavy atom. The van der Waals surface area contributed by atoms with Crippen molar-refractivity contribution >= 4 is 11.6 Å². The van der Waals surface area contributed by atoms with Crippen LogP contribution in [0.4, 0.5) is 0 Å². The molecule has 1 N–H and O–H groups in total. The number of halogens is 1. The molecule has 0 spiro atoms. The molecule has 0 bridgehead atoms. The van der Waals surface area contributed by atoms with Crippen molar-refractivity contribution in [3.63, 3.8) is 0 Å². The van der Waals surface area contributed by atoms with Gasteiger partial charge in [-0.3, -0.25) is 0 Å². The van der Waals surface area contributed by atoms with E-state index >= 15 is 0 Å². The summed E-state index contributed by atoms with van der Waals surface area (Å²) in [5.74, 6) is 1.74. The molecule has 3 heteroatoms. The van der Waals surface area contributed by atoms with Crippen molar-refractivity contribution in [3.05, 3.63) is 58.6 Å². The summed E-state index contributed by atoms with van der Waals surface area (Å²) < 4.78 is 6.03. The van der Waals surface area contributed by atoms with Crippen LogP contribution in [-0.2, 0) is 6.54 Å². The van der Waals surface area contributed by atoms with Crippen LogP contribution in [0.25, 0.3) is 0 Å². The monoisotopic (exact) mass is 289 g/mol. The molecular formula is C17H20ClNO. The van der Waals surface area contributed by atoms with Crippen molar-refractivity contribution in [2.45, 2.75) is 26.8 Å². The Kier molecular flexibility index (Phi) is 5.45. The highest BCUT2D eigenvalue weighted by Gasteiger charge is 2.06. The Bertz CT molecular complexity index is 569. The van der Waals surface area contributed by atoms with Crippen LogP contribution in [0.3, 0.4) is 0 Å². The minimum absolute atomic E-state index is 0.729. The van der Waals surface area contributed by atoms with Crippen molar-refractivity contribution in [1.82, 2.24) is 5.32 Å². The van der Waals surface area contributed by atoms with E-state index in [4.69, 9.17) is 16.3 Å². The van der Waals surface area contributed by atoms with Crippen molar-refractivity contribution in [2.24, 2.45) is 0 Å². The number of ether oxygens (including phenoxy) is 1. The van der Waals surface area contributed by atoms with Crippen LogP contribution in [0, 0.1) is 6.92 Å². The zero-order chi connectivity index (χ0) is 14.4. The Morgan fingerprint density at radius 2 is 1.90 bits per heavy atom. The molecule has 0 aromatic heterocycles. The smallest absolute Gasteiger partial charge is 0.131 e. The van der Waals surface area contributed by atoms with Gasteiger partial charge in [0.25, 0.3) is 0 Å². The second-order valence-electron chi connectivity index (χ2n) is 4.80. The second kappa shape index (κ2) is 7.32. The lowest BCUT2D eigenvalue weighted by Crippen LogP contribution is -2.14. The van der Waals surface area contributed by atoms with Gasteiger partial charge in [0.2, 0.25) is 0 Å². The summed E-state index contributed by atoms with van der Waals surface area (Å²) >= 11 is 5.97. The van der Waals surface area contributed by atoms with Gasteiger partial charge in [-0.25, -0.2) is 0 Å². The van der Waals surface area contributed by atoms with E-state index in [0.29, 0.717) is 0 Å². The molecule has 0 radical (unpaired) electrons. The van der Waals surface area contributed by atoms with Gasteiger partial charge in [-0.15, -0.1) is 0 Å². The molecule has 0 amide bonds. The van der Waals surface area contributed by atoms with Crippen molar-refractivity contribution in [2.75, 3.05) is 6.54 Å². The van der Waals surface area contributed by atoms with E-state index in [1.807, 2.05) is 43.3 Å².